The summed E-state index contributed by atoms with van der Waals surface area (Å²) in [5, 5.41) is 11.3. The first kappa shape index (κ1) is 13.6. The Kier molecular flexibility index (Phi) is 3.89. The molecule has 0 spiro atoms. The number of nitrogens with zero attached hydrogens (tertiary/aromatic N) is 2. The molecular formula is C11H12FN3O3S. The highest BCUT2D eigenvalue weighted by Crippen LogP contribution is 2.29. The number of carboxylic acid groups (broad SMARTS) is 1. The number of pyridine rings is 1. The number of halogens is 1. The summed E-state index contributed by atoms with van der Waals surface area (Å²) in [6.07, 6.45) is 2.31. The van der Waals surface area contributed by atoms with Crippen molar-refractivity contribution >= 4 is 29.4 Å². The normalized spacial score (nSPS) is 22.3. The molecule has 2 heterocycles. The molecule has 19 heavy (non-hydrogen) atoms. The summed E-state index contributed by atoms with van der Waals surface area (Å²) >= 11 is 1.38. The number of carboxylic acids is 1. The largest absolute Gasteiger partial charge is 0.480 e. The number of anilines is 1. The fourth-order valence-electron chi connectivity index (χ4n) is 1.81. The number of hydrogen-bond acceptors (Lipinski definition) is 4. The highest BCUT2D eigenvalue weighted by Gasteiger charge is 2.39. The maximum absolute atomic E-state index is 13.0. The molecule has 2 atom stereocenters. The van der Waals surface area contributed by atoms with E-state index in [-0.39, 0.29) is 11.1 Å². The molecule has 1 aromatic heterocycles. The van der Waals surface area contributed by atoms with Crippen LogP contribution in [0.5, 0.6) is 0 Å². The van der Waals surface area contributed by atoms with Gasteiger partial charge in [0.1, 0.15) is 11.9 Å². The van der Waals surface area contributed by atoms with Crippen molar-refractivity contribution in [2.24, 2.45) is 0 Å². The minimum absolute atomic E-state index is 0.193. The molecule has 2 unspecified atom stereocenters. The zero-order chi connectivity index (χ0) is 14.0. The zero-order valence-corrected chi connectivity index (χ0v) is 10.9. The summed E-state index contributed by atoms with van der Waals surface area (Å²) in [5.74, 6) is -1.29. The van der Waals surface area contributed by atoms with Crippen LogP contribution in [0, 0.1) is 5.82 Å². The third-order valence-corrected chi connectivity index (χ3v) is 3.92. The quantitative estimate of drug-likeness (QED) is 0.862. The van der Waals surface area contributed by atoms with Gasteiger partial charge in [-0.05, 0) is 6.92 Å². The van der Waals surface area contributed by atoms with E-state index in [1.807, 2.05) is 0 Å². The van der Waals surface area contributed by atoms with Crippen LogP contribution in [-0.2, 0) is 4.79 Å². The second-order valence-corrected chi connectivity index (χ2v) is 5.36. The van der Waals surface area contributed by atoms with E-state index in [2.05, 4.69) is 10.3 Å². The summed E-state index contributed by atoms with van der Waals surface area (Å²) in [5.41, 5.74) is 0.193. The van der Waals surface area contributed by atoms with Crippen molar-refractivity contribution in [3.63, 3.8) is 0 Å². The van der Waals surface area contributed by atoms with E-state index < -0.39 is 23.9 Å². The molecule has 1 saturated heterocycles. The lowest BCUT2D eigenvalue weighted by molar-refractivity contribution is -0.141. The lowest BCUT2D eigenvalue weighted by Crippen LogP contribution is -2.46. The van der Waals surface area contributed by atoms with Crippen LogP contribution in [0.1, 0.15) is 6.92 Å². The second kappa shape index (κ2) is 5.43. The lowest BCUT2D eigenvalue weighted by Gasteiger charge is -2.25. The molecule has 0 radical (unpaired) electrons. The Balaban J connectivity index is 2.12. The van der Waals surface area contributed by atoms with Crippen LogP contribution in [0.4, 0.5) is 14.9 Å². The number of hydrogen-bond donors (Lipinski definition) is 2. The molecule has 8 heteroatoms. The number of thioether (sulfide) groups is 1. The molecule has 1 aliphatic heterocycles. The van der Waals surface area contributed by atoms with Crippen LogP contribution >= 0.6 is 11.8 Å². The van der Waals surface area contributed by atoms with E-state index in [0.717, 1.165) is 12.3 Å². The first-order valence-corrected chi connectivity index (χ1v) is 6.58. The molecule has 1 aromatic rings. The summed E-state index contributed by atoms with van der Waals surface area (Å²) in [6, 6.07) is -0.326. The van der Waals surface area contributed by atoms with Crippen molar-refractivity contribution in [1.29, 1.82) is 0 Å². The SMILES string of the molecule is CC1SCC(C(=O)O)N1C(=O)Nc1cncc(F)c1. The summed E-state index contributed by atoms with van der Waals surface area (Å²) in [6.45, 7) is 1.75. The molecule has 2 N–H and O–H groups in total. The van der Waals surface area contributed by atoms with E-state index in [1.165, 1.54) is 22.9 Å². The van der Waals surface area contributed by atoms with E-state index in [4.69, 9.17) is 5.11 Å². The molecule has 102 valence electrons. The summed E-state index contributed by atoms with van der Waals surface area (Å²) in [4.78, 5) is 27.9. The number of carbonyl (C=O) groups excluding carboxylic acids is 1. The Hall–Kier alpha value is -1.83. The van der Waals surface area contributed by atoms with Gasteiger partial charge in [-0.3, -0.25) is 9.88 Å². The standard InChI is InChI=1S/C11H12FN3O3S/c1-6-15(9(5-19-6)10(16)17)11(18)14-8-2-7(12)3-13-4-8/h2-4,6,9H,5H2,1H3,(H,14,18)(H,16,17). The average molecular weight is 285 g/mol. The van der Waals surface area contributed by atoms with Crippen molar-refractivity contribution in [2.45, 2.75) is 18.3 Å². The molecular weight excluding hydrogens is 273 g/mol. The van der Waals surface area contributed by atoms with E-state index in [0.29, 0.717) is 5.75 Å². The van der Waals surface area contributed by atoms with Crippen LogP contribution in [0.2, 0.25) is 0 Å². The van der Waals surface area contributed by atoms with Crippen LogP contribution in [-0.4, -0.2) is 44.2 Å². The van der Waals surface area contributed by atoms with Crippen molar-refractivity contribution in [3.05, 3.63) is 24.3 Å². The highest BCUT2D eigenvalue weighted by molar-refractivity contribution is 8.00. The van der Waals surface area contributed by atoms with Crippen molar-refractivity contribution in [1.82, 2.24) is 9.88 Å². The van der Waals surface area contributed by atoms with Crippen LogP contribution in [0.25, 0.3) is 0 Å². The van der Waals surface area contributed by atoms with Crippen LogP contribution in [0.15, 0.2) is 18.5 Å². The molecule has 1 fully saturated rings. The number of aliphatic carboxylic acids is 1. The van der Waals surface area contributed by atoms with Gasteiger partial charge >= 0.3 is 12.0 Å². The topological polar surface area (TPSA) is 82.5 Å². The molecule has 0 aromatic carbocycles. The number of amides is 2. The minimum Gasteiger partial charge on any atom is -0.480 e. The van der Waals surface area contributed by atoms with Crippen LogP contribution < -0.4 is 5.32 Å². The lowest BCUT2D eigenvalue weighted by atomic mass is 10.3. The minimum atomic E-state index is -1.05. The molecule has 0 bridgehead atoms. The monoisotopic (exact) mass is 285 g/mol. The molecule has 0 saturated carbocycles. The fraction of sp³-hybridized carbons (Fsp3) is 0.364. The van der Waals surface area contributed by atoms with Gasteiger partial charge in [0.25, 0.3) is 0 Å². The van der Waals surface area contributed by atoms with Gasteiger partial charge in [0.15, 0.2) is 0 Å². The van der Waals surface area contributed by atoms with Gasteiger partial charge < -0.3 is 10.4 Å². The molecule has 2 rings (SSSR count). The maximum atomic E-state index is 13.0. The first-order chi connectivity index (χ1) is 8.99. The Morgan fingerprint density at radius 3 is 2.95 bits per heavy atom. The number of rotatable bonds is 2. The molecule has 1 aliphatic rings. The molecule has 6 nitrogen and oxygen atoms in total. The van der Waals surface area contributed by atoms with Gasteiger partial charge in [-0.25, -0.2) is 14.0 Å². The van der Waals surface area contributed by atoms with Crippen molar-refractivity contribution < 1.29 is 19.1 Å². The number of carbonyl (C=O) groups is 2. The van der Waals surface area contributed by atoms with Crippen molar-refractivity contribution in [2.75, 3.05) is 11.1 Å². The Labute approximate surface area is 113 Å². The number of nitrogens with one attached hydrogen (secondary N) is 1. The second-order valence-electron chi connectivity index (χ2n) is 4.02. The van der Waals surface area contributed by atoms with E-state index in [9.17, 15) is 14.0 Å². The van der Waals surface area contributed by atoms with Gasteiger partial charge in [-0.2, -0.15) is 0 Å². The van der Waals surface area contributed by atoms with Gasteiger partial charge in [0.05, 0.1) is 23.5 Å². The molecule has 2 amide bonds. The smallest absolute Gasteiger partial charge is 0.327 e. The third kappa shape index (κ3) is 2.95. The van der Waals surface area contributed by atoms with Gasteiger partial charge in [0.2, 0.25) is 0 Å². The first-order valence-electron chi connectivity index (χ1n) is 5.53. The number of aromatic nitrogens is 1. The molecule has 0 aliphatic carbocycles. The fourth-order valence-corrected chi connectivity index (χ4v) is 2.98. The predicted molar refractivity (Wildman–Crippen MR) is 68.4 cm³/mol. The van der Waals surface area contributed by atoms with E-state index in [1.54, 1.807) is 6.92 Å². The Morgan fingerprint density at radius 1 is 1.58 bits per heavy atom. The maximum Gasteiger partial charge on any atom is 0.327 e. The summed E-state index contributed by atoms with van der Waals surface area (Å²) in [7, 11) is 0. The van der Waals surface area contributed by atoms with Crippen molar-refractivity contribution in [3.8, 4) is 0 Å². The third-order valence-electron chi connectivity index (χ3n) is 2.70. The highest BCUT2D eigenvalue weighted by atomic mass is 32.2. The number of urea groups is 1. The zero-order valence-electron chi connectivity index (χ0n) is 10.0. The predicted octanol–water partition coefficient (Wildman–Crippen LogP) is 1.60. The van der Waals surface area contributed by atoms with Gasteiger partial charge in [0, 0.05) is 11.8 Å². The van der Waals surface area contributed by atoms with Gasteiger partial charge in [-0.1, -0.05) is 0 Å². The Morgan fingerprint density at radius 2 is 2.32 bits per heavy atom. The van der Waals surface area contributed by atoms with E-state index >= 15 is 0 Å². The Bertz CT molecular complexity index is 514. The van der Waals surface area contributed by atoms with Gasteiger partial charge in [-0.15, -0.1) is 11.8 Å². The summed E-state index contributed by atoms with van der Waals surface area (Å²) < 4.78 is 13.0. The van der Waals surface area contributed by atoms with Crippen LogP contribution in [0.3, 0.4) is 0 Å². The average Bonchev–Trinajstić information content (AvgIpc) is 2.71.